The molecule has 4 nitrogen and oxygen atoms in total. The second-order valence-corrected chi connectivity index (χ2v) is 5.69. The van der Waals surface area contributed by atoms with Gasteiger partial charge in [0.05, 0.1) is 6.42 Å². The molecule has 0 atom stereocenters. The third-order valence-corrected chi connectivity index (χ3v) is 3.87. The van der Waals surface area contributed by atoms with Crippen molar-refractivity contribution in [2.24, 2.45) is 0 Å². The minimum absolute atomic E-state index is 0.00388. The molecule has 118 valence electrons. The van der Waals surface area contributed by atoms with Gasteiger partial charge in [0.25, 0.3) is 0 Å². The zero-order chi connectivity index (χ0) is 16.4. The molecule has 1 heterocycles. The van der Waals surface area contributed by atoms with Crippen LogP contribution in [-0.2, 0) is 22.6 Å². The minimum Gasteiger partial charge on any atom is -0.350 e. The first kappa shape index (κ1) is 15.2. The maximum atomic E-state index is 12.8. The molecule has 2 aromatic rings. The second kappa shape index (κ2) is 6.20. The number of aryl methyl sites for hydroxylation is 1. The highest BCUT2D eigenvalue weighted by molar-refractivity contribution is 6.05. The summed E-state index contributed by atoms with van der Waals surface area (Å²) in [6.07, 6.45) is 0.336. The lowest BCUT2D eigenvalue weighted by Gasteiger charge is -2.17. The van der Waals surface area contributed by atoms with E-state index in [2.05, 4.69) is 5.32 Å². The quantitative estimate of drug-likeness (QED) is 0.942. The molecule has 0 saturated carbocycles. The summed E-state index contributed by atoms with van der Waals surface area (Å²) in [7, 11) is 0. The lowest BCUT2D eigenvalue weighted by Crippen LogP contribution is -2.38. The zero-order valence-electron chi connectivity index (χ0n) is 12.8. The Bertz CT molecular complexity index is 756. The Labute approximate surface area is 133 Å². The van der Waals surface area contributed by atoms with Crippen molar-refractivity contribution in [1.29, 1.82) is 0 Å². The Morgan fingerprint density at radius 3 is 2.70 bits per heavy atom. The molecule has 1 aliphatic rings. The highest BCUT2D eigenvalue weighted by atomic mass is 19.1. The van der Waals surface area contributed by atoms with Gasteiger partial charge in [0.1, 0.15) is 12.4 Å². The van der Waals surface area contributed by atoms with Crippen molar-refractivity contribution < 1.29 is 14.0 Å². The normalized spacial score (nSPS) is 13.1. The van der Waals surface area contributed by atoms with E-state index in [0.29, 0.717) is 13.0 Å². The van der Waals surface area contributed by atoms with Crippen LogP contribution in [0.15, 0.2) is 42.5 Å². The maximum absolute atomic E-state index is 12.8. The Kier molecular flexibility index (Phi) is 4.10. The molecule has 0 unspecified atom stereocenters. The SMILES string of the molecule is Cc1ccc2c(c1)CC(=O)N2CC(=O)NCc1ccc(F)cc1. The fraction of sp³-hybridized carbons (Fsp3) is 0.222. The first-order chi connectivity index (χ1) is 11.0. The van der Waals surface area contributed by atoms with E-state index in [4.69, 9.17) is 0 Å². The number of anilines is 1. The van der Waals surface area contributed by atoms with Gasteiger partial charge in [0, 0.05) is 12.2 Å². The summed E-state index contributed by atoms with van der Waals surface area (Å²) in [6.45, 7) is 2.28. The van der Waals surface area contributed by atoms with E-state index >= 15 is 0 Å². The van der Waals surface area contributed by atoms with Crippen molar-refractivity contribution in [2.45, 2.75) is 19.9 Å². The summed E-state index contributed by atoms with van der Waals surface area (Å²) in [5.74, 6) is -0.617. The molecule has 2 amide bonds. The van der Waals surface area contributed by atoms with Crippen LogP contribution in [0, 0.1) is 12.7 Å². The number of carbonyl (C=O) groups excluding carboxylic acids is 2. The minimum atomic E-state index is -0.311. The third kappa shape index (κ3) is 3.39. The van der Waals surface area contributed by atoms with Crippen LogP contribution < -0.4 is 10.2 Å². The third-order valence-electron chi connectivity index (χ3n) is 3.87. The zero-order valence-corrected chi connectivity index (χ0v) is 12.8. The van der Waals surface area contributed by atoms with Crippen LogP contribution in [0.5, 0.6) is 0 Å². The smallest absolute Gasteiger partial charge is 0.240 e. The van der Waals surface area contributed by atoms with Gasteiger partial charge in [-0.1, -0.05) is 29.8 Å². The number of hydrogen-bond acceptors (Lipinski definition) is 2. The number of amides is 2. The van der Waals surface area contributed by atoms with E-state index in [1.807, 2.05) is 25.1 Å². The van der Waals surface area contributed by atoms with Crippen molar-refractivity contribution in [3.63, 3.8) is 0 Å². The summed E-state index contributed by atoms with van der Waals surface area (Å²) < 4.78 is 12.8. The number of carbonyl (C=O) groups is 2. The van der Waals surface area contributed by atoms with Crippen molar-refractivity contribution in [3.8, 4) is 0 Å². The van der Waals surface area contributed by atoms with Gasteiger partial charge in [0.2, 0.25) is 11.8 Å². The average molecular weight is 312 g/mol. The van der Waals surface area contributed by atoms with Crippen LogP contribution in [0.3, 0.4) is 0 Å². The van der Waals surface area contributed by atoms with Crippen LogP contribution in [0.2, 0.25) is 0 Å². The fourth-order valence-electron chi connectivity index (χ4n) is 2.69. The van der Waals surface area contributed by atoms with Gasteiger partial charge in [-0.15, -0.1) is 0 Å². The lowest BCUT2D eigenvalue weighted by atomic mass is 10.1. The standard InChI is InChI=1S/C18H17FN2O2/c1-12-2-7-16-14(8-12)9-18(23)21(16)11-17(22)20-10-13-3-5-15(19)6-4-13/h2-8H,9-11H2,1H3,(H,20,22). The predicted octanol–water partition coefficient (Wildman–Crippen LogP) is 2.34. The molecule has 0 spiro atoms. The van der Waals surface area contributed by atoms with Gasteiger partial charge in [-0.05, 0) is 36.2 Å². The van der Waals surface area contributed by atoms with Gasteiger partial charge in [-0.2, -0.15) is 0 Å². The van der Waals surface area contributed by atoms with Gasteiger partial charge in [0.15, 0.2) is 0 Å². The van der Waals surface area contributed by atoms with Crippen LogP contribution >= 0.6 is 0 Å². The van der Waals surface area contributed by atoms with Gasteiger partial charge < -0.3 is 10.2 Å². The molecule has 2 aromatic carbocycles. The summed E-state index contributed by atoms with van der Waals surface area (Å²) in [6, 6.07) is 11.7. The first-order valence-electron chi connectivity index (χ1n) is 7.44. The van der Waals surface area contributed by atoms with Crippen molar-refractivity contribution in [3.05, 3.63) is 65.0 Å². The van der Waals surface area contributed by atoms with Crippen LogP contribution in [0.1, 0.15) is 16.7 Å². The molecule has 1 aliphatic heterocycles. The van der Waals surface area contributed by atoms with Crippen molar-refractivity contribution in [1.82, 2.24) is 5.32 Å². The molecular formula is C18H17FN2O2. The molecule has 0 bridgehead atoms. The molecule has 0 radical (unpaired) electrons. The van der Waals surface area contributed by atoms with E-state index in [1.54, 1.807) is 12.1 Å². The summed E-state index contributed by atoms with van der Waals surface area (Å²) in [4.78, 5) is 25.7. The maximum Gasteiger partial charge on any atom is 0.240 e. The molecule has 3 rings (SSSR count). The fourth-order valence-corrected chi connectivity index (χ4v) is 2.69. The van der Waals surface area contributed by atoms with E-state index in [9.17, 15) is 14.0 Å². The average Bonchev–Trinajstić information content (AvgIpc) is 2.82. The Morgan fingerprint density at radius 1 is 1.22 bits per heavy atom. The predicted molar refractivity (Wildman–Crippen MR) is 85.5 cm³/mol. The Balaban J connectivity index is 1.62. The van der Waals surface area contributed by atoms with E-state index in [-0.39, 0.29) is 24.2 Å². The molecule has 23 heavy (non-hydrogen) atoms. The molecule has 0 aliphatic carbocycles. The van der Waals surface area contributed by atoms with E-state index in [0.717, 1.165) is 22.4 Å². The molecule has 5 heteroatoms. The number of halogens is 1. The summed E-state index contributed by atoms with van der Waals surface area (Å²) >= 11 is 0. The van der Waals surface area contributed by atoms with Crippen LogP contribution in [0.4, 0.5) is 10.1 Å². The van der Waals surface area contributed by atoms with Crippen molar-refractivity contribution >= 4 is 17.5 Å². The largest absolute Gasteiger partial charge is 0.350 e. The van der Waals surface area contributed by atoms with E-state index < -0.39 is 0 Å². The van der Waals surface area contributed by atoms with Gasteiger partial charge in [-0.25, -0.2) is 4.39 Å². The van der Waals surface area contributed by atoms with Crippen molar-refractivity contribution in [2.75, 3.05) is 11.4 Å². The number of nitrogens with one attached hydrogen (secondary N) is 1. The first-order valence-corrected chi connectivity index (χ1v) is 7.44. The Hall–Kier alpha value is -2.69. The van der Waals surface area contributed by atoms with Crippen LogP contribution in [-0.4, -0.2) is 18.4 Å². The number of hydrogen-bond donors (Lipinski definition) is 1. The summed E-state index contributed by atoms with van der Waals surface area (Å²) in [5, 5.41) is 2.75. The number of benzene rings is 2. The Morgan fingerprint density at radius 2 is 1.96 bits per heavy atom. The molecule has 0 aromatic heterocycles. The summed E-state index contributed by atoms with van der Waals surface area (Å²) in [5.41, 5.74) is 3.67. The highest BCUT2D eigenvalue weighted by Gasteiger charge is 2.28. The monoisotopic (exact) mass is 312 g/mol. The van der Waals surface area contributed by atoms with E-state index in [1.165, 1.54) is 17.0 Å². The topological polar surface area (TPSA) is 49.4 Å². The van der Waals surface area contributed by atoms with Gasteiger partial charge in [-0.3, -0.25) is 9.59 Å². The van der Waals surface area contributed by atoms with Crippen LogP contribution in [0.25, 0.3) is 0 Å². The number of rotatable bonds is 4. The molecule has 0 fully saturated rings. The molecular weight excluding hydrogens is 295 g/mol. The lowest BCUT2D eigenvalue weighted by molar-refractivity contribution is -0.123. The van der Waals surface area contributed by atoms with Gasteiger partial charge >= 0.3 is 0 Å². The molecule has 0 saturated heterocycles. The second-order valence-electron chi connectivity index (χ2n) is 5.69. The molecule has 1 N–H and O–H groups in total. The number of nitrogens with zero attached hydrogens (tertiary/aromatic N) is 1. The number of fused-ring (bicyclic) bond motifs is 1. The highest BCUT2D eigenvalue weighted by Crippen LogP contribution is 2.29.